The van der Waals surface area contributed by atoms with Crippen LogP contribution in [-0.2, 0) is 22.6 Å². The number of benzene rings is 2. The van der Waals surface area contributed by atoms with Crippen LogP contribution in [0.1, 0.15) is 56.4 Å². The van der Waals surface area contributed by atoms with Gasteiger partial charge in [-0.05, 0) is 75.4 Å². The molecular weight excluding hydrogens is 396 g/mol. The van der Waals surface area contributed by atoms with Crippen molar-refractivity contribution in [3.8, 4) is 0 Å². The molecule has 162 valence electrons. The van der Waals surface area contributed by atoms with Crippen molar-refractivity contribution in [2.24, 2.45) is 0 Å². The van der Waals surface area contributed by atoms with Crippen molar-refractivity contribution < 1.29 is 9.59 Å². The lowest BCUT2D eigenvalue weighted by Gasteiger charge is -2.33. The second-order valence-electron chi connectivity index (χ2n) is 8.91. The van der Waals surface area contributed by atoms with Gasteiger partial charge in [-0.15, -0.1) is 0 Å². The number of rotatable bonds is 7. The number of hydrogen-bond acceptors (Lipinski definition) is 2. The quantitative estimate of drug-likeness (QED) is 0.657. The van der Waals surface area contributed by atoms with Crippen LogP contribution in [0.4, 0.5) is 0 Å². The monoisotopic (exact) mass is 428 g/mol. The number of carbonyl (C=O) groups excluding carboxylic acids is 2. The maximum absolute atomic E-state index is 13.4. The maximum atomic E-state index is 13.4. The molecule has 0 saturated heterocycles. The molecule has 2 aromatic carbocycles. The van der Waals surface area contributed by atoms with Crippen molar-refractivity contribution in [1.82, 2.24) is 10.2 Å². The smallest absolute Gasteiger partial charge is 0.243 e. The van der Waals surface area contributed by atoms with Gasteiger partial charge in [-0.25, -0.2) is 0 Å². The van der Waals surface area contributed by atoms with E-state index in [4.69, 9.17) is 11.6 Å². The van der Waals surface area contributed by atoms with Crippen LogP contribution in [0.15, 0.2) is 42.5 Å². The Hall–Kier alpha value is -2.33. The number of amides is 2. The average Bonchev–Trinajstić information content (AvgIpc) is 2.64. The molecule has 0 aliphatic carbocycles. The number of nitrogens with zero attached hydrogens (tertiary/aromatic N) is 1. The lowest BCUT2D eigenvalue weighted by Crippen LogP contribution is -2.53. The predicted octanol–water partition coefficient (Wildman–Crippen LogP) is 5.22. The summed E-state index contributed by atoms with van der Waals surface area (Å²) in [5.74, 6) is -0.198. The standard InChI is InChI=1S/C25H33ClN2O2/c1-7-22(24(30)27-25(4,5)6)28(16-19-10-12-21(26)13-11-19)23(29)15-20-9-8-17(2)18(3)14-20/h8-14,22H,7,15-16H2,1-6H3,(H,27,30)/t22-/m1/s1. The Kier molecular flexibility index (Phi) is 8.08. The van der Waals surface area contributed by atoms with Gasteiger partial charge in [0.15, 0.2) is 0 Å². The van der Waals surface area contributed by atoms with Crippen LogP contribution in [0.2, 0.25) is 5.02 Å². The normalized spacial score (nSPS) is 12.4. The third-order valence-electron chi connectivity index (χ3n) is 5.08. The molecular formula is C25H33ClN2O2. The molecule has 0 heterocycles. The Labute approximate surface area is 185 Å². The molecule has 2 aromatic rings. The molecule has 1 N–H and O–H groups in total. The minimum Gasteiger partial charge on any atom is -0.350 e. The van der Waals surface area contributed by atoms with E-state index in [0.717, 1.165) is 16.7 Å². The molecule has 0 radical (unpaired) electrons. The van der Waals surface area contributed by atoms with E-state index < -0.39 is 6.04 Å². The van der Waals surface area contributed by atoms with Crippen LogP contribution in [0.5, 0.6) is 0 Å². The number of carbonyl (C=O) groups is 2. The molecule has 0 bridgehead atoms. The maximum Gasteiger partial charge on any atom is 0.243 e. The SMILES string of the molecule is CC[C@H](C(=O)NC(C)(C)C)N(Cc1ccc(Cl)cc1)C(=O)Cc1ccc(C)c(C)c1. The van der Waals surface area contributed by atoms with Gasteiger partial charge in [0.25, 0.3) is 0 Å². The van der Waals surface area contributed by atoms with Gasteiger partial charge < -0.3 is 10.2 Å². The summed E-state index contributed by atoms with van der Waals surface area (Å²) < 4.78 is 0. The molecule has 0 spiro atoms. The highest BCUT2D eigenvalue weighted by Crippen LogP contribution is 2.18. The zero-order chi connectivity index (χ0) is 22.5. The van der Waals surface area contributed by atoms with Gasteiger partial charge in [-0.2, -0.15) is 0 Å². The van der Waals surface area contributed by atoms with E-state index >= 15 is 0 Å². The van der Waals surface area contributed by atoms with E-state index in [-0.39, 0.29) is 23.8 Å². The van der Waals surface area contributed by atoms with E-state index in [1.54, 1.807) is 17.0 Å². The van der Waals surface area contributed by atoms with Gasteiger partial charge >= 0.3 is 0 Å². The summed E-state index contributed by atoms with van der Waals surface area (Å²) in [6.07, 6.45) is 0.794. The van der Waals surface area contributed by atoms with Crippen molar-refractivity contribution in [3.05, 3.63) is 69.7 Å². The molecule has 0 saturated carbocycles. The van der Waals surface area contributed by atoms with Gasteiger partial charge in [-0.1, -0.05) is 48.9 Å². The summed E-state index contributed by atoms with van der Waals surface area (Å²) in [5, 5.41) is 3.67. The molecule has 0 aromatic heterocycles. The summed E-state index contributed by atoms with van der Waals surface area (Å²) in [5.41, 5.74) is 3.88. The Bertz CT molecular complexity index is 885. The largest absolute Gasteiger partial charge is 0.350 e. The Balaban J connectivity index is 2.32. The highest BCUT2D eigenvalue weighted by molar-refractivity contribution is 6.30. The van der Waals surface area contributed by atoms with E-state index in [9.17, 15) is 9.59 Å². The Morgan fingerprint density at radius 1 is 1.00 bits per heavy atom. The Morgan fingerprint density at radius 3 is 2.13 bits per heavy atom. The second kappa shape index (κ2) is 10.1. The van der Waals surface area contributed by atoms with Crippen molar-refractivity contribution in [2.45, 2.75) is 72.5 Å². The number of aryl methyl sites for hydroxylation is 2. The number of halogens is 1. The van der Waals surface area contributed by atoms with Gasteiger partial charge in [0.05, 0.1) is 6.42 Å². The highest BCUT2D eigenvalue weighted by atomic mass is 35.5. The predicted molar refractivity (Wildman–Crippen MR) is 124 cm³/mol. The first-order valence-corrected chi connectivity index (χ1v) is 10.8. The third kappa shape index (κ3) is 6.88. The molecule has 0 unspecified atom stereocenters. The van der Waals surface area contributed by atoms with Crippen LogP contribution in [-0.4, -0.2) is 28.3 Å². The van der Waals surface area contributed by atoms with Gasteiger partial charge in [-0.3, -0.25) is 9.59 Å². The van der Waals surface area contributed by atoms with Gasteiger partial charge in [0.2, 0.25) is 11.8 Å². The summed E-state index contributed by atoms with van der Waals surface area (Å²) in [6.45, 7) is 12.2. The van der Waals surface area contributed by atoms with Crippen molar-refractivity contribution in [1.29, 1.82) is 0 Å². The van der Waals surface area contributed by atoms with Crippen LogP contribution >= 0.6 is 11.6 Å². The topological polar surface area (TPSA) is 49.4 Å². The summed E-state index contributed by atoms with van der Waals surface area (Å²) in [4.78, 5) is 28.1. The lowest BCUT2D eigenvalue weighted by atomic mass is 10.0. The zero-order valence-electron chi connectivity index (χ0n) is 18.9. The first-order valence-electron chi connectivity index (χ1n) is 10.4. The second-order valence-corrected chi connectivity index (χ2v) is 9.34. The molecule has 30 heavy (non-hydrogen) atoms. The fourth-order valence-corrected chi connectivity index (χ4v) is 3.47. The number of hydrogen-bond donors (Lipinski definition) is 1. The average molecular weight is 429 g/mol. The van der Waals surface area contributed by atoms with Crippen LogP contribution in [0.25, 0.3) is 0 Å². The van der Waals surface area contributed by atoms with Crippen molar-refractivity contribution in [2.75, 3.05) is 0 Å². The van der Waals surface area contributed by atoms with E-state index in [1.165, 1.54) is 5.56 Å². The van der Waals surface area contributed by atoms with Gasteiger partial charge in [0.1, 0.15) is 6.04 Å². The molecule has 2 rings (SSSR count). The first-order chi connectivity index (χ1) is 14.0. The molecule has 1 atom stereocenters. The van der Waals surface area contributed by atoms with Crippen LogP contribution in [0.3, 0.4) is 0 Å². The zero-order valence-corrected chi connectivity index (χ0v) is 19.6. The minimum absolute atomic E-state index is 0.0656. The van der Waals surface area contributed by atoms with Crippen molar-refractivity contribution >= 4 is 23.4 Å². The molecule has 5 heteroatoms. The Morgan fingerprint density at radius 2 is 1.60 bits per heavy atom. The highest BCUT2D eigenvalue weighted by Gasteiger charge is 2.30. The van der Waals surface area contributed by atoms with Gasteiger partial charge in [0, 0.05) is 17.1 Å². The lowest BCUT2D eigenvalue weighted by molar-refractivity contribution is -0.141. The molecule has 0 aliphatic heterocycles. The van der Waals surface area contributed by atoms with E-state index in [1.807, 2.05) is 65.0 Å². The summed E-state index contributed by atoms with van der Waals surface area (Å²) in [7, 11) is 0. The molecule has 4 nitrogen and oxygen atoms in total. The molecule has 0 aliphatic rings. The van der Waals surface area contributed by atoms with E-state index in [2.05, 4.69) is 12.2 Å². The summed E-state index contributed by atoms with van der Waals surface area (Å²) in [6, 6.07) is 12.9. The molecule has 0 fully saturated rings. The fourth-order valence-electron chi connectivity index (χ4n) is 3.35. The van der Waals surface area contributed by atoms with Crippen LogP contribution < -0.4 is 5.32 Å². The molecule has 2 amide bonds. The summed E-state index contributed by atoms with van der Waals surface area (Å²) >= 11 is 6.01. The third-order valence-corrected chi connectivity index (χ3v) is 5.33. The van der Waals surface area contributed by atoms with E-state index in [0.29, 0.717) is 18.0 Å². The first kappa shape index (κ1) is 23.9. The van der Waals surface area contributed by atoms with Crippen LogP contribution in [0, 0.1) is 13.8 Å². The van der Waals surface area contributed by atoms with Crippen molar-refractivity contribution in [3.63, 3.8) is 0 Å². The number of nitrogens with one attached hydrogen (secondary N) is 1. The fraction of sp³-hybridized carbons (Fsp3) is 0.440. The minimum atomic E-state index is -0.543.